The summed E-state index contributed by atoms with van der Waals surface area (Å²) in [5, 5.41) is 9.08. The predicted molar refractivity (Wildman–Crippen MR) is 76.8 cm³/mol. The van der Waals surface area contributed by atoms with Gasteiger partial charge in [-0.2, -0.15) is 0 Å². The van der Waals surface area contributed by atoms with Gasteiger partial charge in [0.15, 0.2) is 6.61 Å². The molecule has 0 unspecified atom stereocenters. The maximum absolute atomic E-state index is 12.1. The first kappa shape index (κ1) is 15.3. The van der Waals surface area contributed by atoms with Gasteiger partial charge in [-0.3, -0.25) is 9.59 Å². The quantitative estimate of drug-likeness (QED) is 0.821. The number of benzene rings is 1. The van der Waals surface area contributed by atoms with E-state index in [-0.39, 0.29) is 30.6 Å². The Morgan fingerprint density at radius 1 is 1.29 bits per heavy atom. The van der Waals surface area contributed by atoms with E-state index >= 15 is 0 Å². The summed E-state index contributed by atoms with van der Waals surface area (Å²) in [6.45, 7) is 1.31. The van der Waals surface area contributed by atoms with E-state index in [4.69, 9.17) is 15.6 Å². The standard InChI is InChI=1S/C15H20N2O4/c16-15(20)12-3-1-2-4-13(12)21-10-14(19)17-7-5-11(9-18)6-8-17/h1-4,11,18H,5-10H2,(H2,16,20). The van der Waals surface area contributed by atoms with Gasteiger partial charge in [0.2, 0.25) is 0 Å². The number of hydrogen-bond acceptors (Lipinski definition) is 4. The van der Waals surface area contributed by atoms with Crippen molar-refractivity contribution >= 4 is 11.8 Å². The molecule has 114 valence electrons. The minimum absolute atomic E-state index is 0.117. The summed E-state index contributed by atoms with van der Waals surface area (Å²) in [5.41, 5.74) is 5.52. The number of likely N-dealkylation sites (tertiary alicyclic amines) is 1. The van der Waals surface area contributed by atoms with Crippen LogP contribution in [0.25, 0.3) is 0 Å². The summed E-state index contributed by atoms with van der Waals surface area (Å²) in [6, 6.07) is 6.59. The first-order valence-electron chi connectivity index (χ1n) is 7.02. The molecule has 2 amide bonds. The van der Waals surface area contributed by atoms with E-state index < -0.39 is 5.91 Å². The molecule has 0 radical (unpaired) electrons. The number of para-hydroxylation sites is 1. The predicted octanol–water partition coefficient (Wildman–Crippen LogP) is 0.395. The van der Waals surface area contributed by atoms with Crippen LogP contribution in [0.1, 0.15) is 23.2 Å². The molecule has 21 heavy (non-hydrogen) atoms. The third-order valence-electron chi connectivity index (χ3n) is 3.73. The van der Waals surface area contributed by atoms with E-state index in [0.717, 1.165) is 12.8 Å². The zero-order chi connectivity index (χ0) is 15.2. The number of amides is 2. The van der Waals surface area contributed by atoms with Gasteiger partial charge in [-0.25, -0.2) is 0 Å². The molecule has 0 aliphatic carbocycles. The fraction of sp³-hybridized carbons (Fsp3) is 0.467. The topological polar surface area (TPSA) is 92.9 Å². The highest BCUT2D eigenvalue weighted by Crippen LogP contribution is 2.19. The molecule has 1 aromatic carbocycles. The molecule has 6 heteroatoms. The molecule has 6 nitrogen and oxygen atoms in total. The second-order valence-electron chi connectivity index (χ2n) is 5.16. The Kier molecular flexibility index (Phi) is 5.16. The van der Waals surface area contributed by atoms with Crippen LogP contribution in [0.3, 0.4) is 0 Å². The van der Waals surface area contributed by atoms with Crippen molar-refractivity contribution in [1.29, 1.82) is 0 Å². The summed E-state index contributed by atoms with van der Waals surface area (Å²) in [7, 11) is 0. The molecule has 0 bridgehead atoms. The number of aliphatic hydroxyl groups is 1. The number of hydrogen-bond donors (Lipinski definition) is 2. The molecule has 1 aromatic rings. The van der Waals surface area contributed by atoms with Crippen LogP contribution in [-0.2, 0) is 4.79 Å². The smallest absolute Gasteiger partial charge is 0.260 e. The van der Waals surface area contributed by atoms with Gasteiger partial charge in [-0.05, 0) is 30.9 Å². The van der Waals surface area contributed by atoms with E-state index in [0.29, 0.717) is 18.8 Å². The third-order valence-corrected chi connectivity index (χ3v) is 3.73. The second-order valence-corrected chi connectivity index (χ2v) is 5.16. The number of ether oxygens (including phenoxy) is 1. The number of rotatable bonds is 5. The van der Waals surface area contributed by atoms with Gasteiger partial charge in [-0.15, -0.1) is 0 Å². The Balaban J connectivity index is 1.89. The summed E-state index contributed by atoms with van der Waals surface area (Å²) in [6.07, 6.45) is 1.61. The summed E-state index contributed by atoms with van der Waals surface area (Å²) in [4.78, 5) is 25.1. The lowest BCUT2D eigenvalue weighted by Crippen LogP contribution is -2.41. The van der Waals surface area contributed by atoms with Gasteiger partial charge < -0.3 is 20.5 Å². The van der Waals surface area contributed by atoms with E-state index in [1.165, 1.54) is 0 Å². The lowest BCUT2D eigenvalue weighted by molar-refractivity contribution is -0.135. The van der Waals surface area contributed by atoms with E-state index in [2.05, 4.69) is 0 Å². The Labute approximate surface area is 123 Å². The highest BCUT2D eigenvalue weighted by molar-refractivity contribution is 5.95. The van der Waals surface area contributed by atoms with Crippen LogP contribution in [0.5, 0.6) is 5.75 Å². The summed E-state index contributed by atoms with van der Waals surface area (Å²) in [5.74, 6) is -0.0957. The first-order valence-corrected chi connectivity index (χ1v) is 7.02. The summed E-state index contributed by atoms with van der Waals surface area (Å²) < 4.78 is 5.43. The van der Waals surface area contributed by atoms with Crippen LogP contribution in [-0.4, -0.2) is 48.1 Å². The molecule has 3 N–H and O–H groups in total. The van der Waals surface area contributed by atoms with Crippen molar-refractivity contribution in [3.8, 4) is 5.75 Å². The molecule has 1 aliphatic rings. The van der Waals surface area contributed by atoms with Gasteiger partial charge in [0.25, 0.3) is 11.8 Å². The minimum Gasteiger partial charge on any atom is -0.483 e. The SMILES string of the molecule is NC(=O)c1ccccc1OCC(=O)N1CCC(CO)CC1. The average molecular weight is 292 g/mol. The largest absolute Gasteiger partial charge is 0.483 e. The van der Waals surface area contributed by atoms with Crippen LogP contribution >= 0.6 is 0 Å². The molecule has 0 saturated carbocycles. The van der Waals surface area contributed by atoms with E-state index in [9.17, 15) is 9.59 Å². The molecule has 2 rings (SSSR count). The van der Waals surface area contributed by atoms with Crippen molar-refractivity contribution in [3.05, 3.63) is 29.8 Å². The number of carbonyl (C=O) groups excluding carboxylic acids is 2. The fourth-order valence-corrected chi connectivity index (χ4v) is 2.39. The van der Waals surface area contributed by atoms with Crippen molar-refractivity contribution in [1.82, 2.24) is 4.90 Å². The van der Waals surface area contributed by atoms with Crippen molar-refractivity contribution in [2.75, 3.05) is 26.3 Å². The molecule has 1 heterocycles. The number of aliphatic hydroxyl groups excluding tert-OH is 1. The molecular formula is C15H20N2O4. The molecular weight excluding hydrogens is 272 g/mol. The normalized spacial score (nSPS) is 15.8. The Hall–Kier alpha value is -2.08. The number of nitrogens with two attached hydrogens (primary N) is 1. The highest BCUT2D eigenvalue weighted by atomic mass is 16.5. The molecule has 1 saturated heterocycles. The highest BCUT2D eigenvalue weighted by Gasteiger charge is 2.22. The van der Waals surface area contributed by atoms with Crippen LogP contribution in [0, 0.1) is 5.92 Å². The van der Waals surface area contributed by atoms with Crippen LogP contribution in [0.2, 0.25) is 0 Å². The Morgan fingerprint density at radius 3 is 2.57 bits per heavy atom. The Morgan fingerprint density at radius 2 is 1.95 bits per heavy atom. The molecule has 0 atom stereocenters. The second kappa shape index (κ2) is 7.08. The summed E-state index contributed by atoms with van der Waals surface area (Å²) >= 11 is 0. The van der Waals surface area contributed by atoms with Crippen molar-refractivity contribution in [3.63, 3.8) is 0 Å². The third kappa shape index (κ3) is 3.95. The Bertz CT molecular complexity index is 510. The number of primary amides is 1. The lowest BCUT2D eigenvalue weighted by Gasteiger charge is -2.31. The number of piperidine rings is 1. The first-order chi connectivity index (χ1) is 10.1. The van der Waals surface area contributed by atoms with Crippen molar-refractivity contribution < 1.29 is 19.4 Å². The molecule has 0 aromatic heterocycles. The van der Waals surface area contributed by atoms with Crippen molar-refractivity contribution in [2.24, 2.45) is 11.7 Å². The average Bonchev–Trinajstić information content (AvgIpc) is 2.52. The maximum Gasteiger partial charge on any atom is 0.260 e. The molecule has 1 aliphatic heterocycles. The zero-order valence-corrected chi connectivity index (χ0v) is 11.8. The number of nitrogens with zero attached hydrogens (tertiary/aromatic N) is 1. The van der Waals surface area contributed by atoms with E-state index in [1.807, 2.05) is 0 Å². The van der Waals surface area contributed by atoms with E-state index in [1.54, 1.807) is 29.2 Å². The van der Waals surface area contributed by atoms with Crippen LogP contribution < -0.4 is 10.5 Å². The van der Waals surface area contributed by atoms with Gasteiger partial charge >= 0.3 is 0 Å². The zero-order valence-electron chi connectivity index (χ0n) is 11.8. The lowest BCUT2D eigenvalue weighted by atomic mass is 9.98. The molecule has 0 spiro atoms. The monoisotopic (exact) mass is 292 g/mol. The van der Waals surface area contributed by atoms with Gasteiger partial charge in [0.05, 0.1) is 5.56 Å². The van der Waals surface area contributed by atoms with Gasteiger partial charge in [0.1, 0.15) is 5.75 Å². The van der Waals surface area contributed by atoms with Crippen LogP contribution in [0.4, 0.5) is 0 Å². The fourth-order valence-electron chi connectivity index (χ4n) is 2.39. The maximum atomic E-state index is 12.1. The minimum atomic E-state index is -0.582. The van der Waals surface area contributed by atoms with Crippen LogP contribution in [0.15, 0.2) is 24.3 Å². The number of carbonyl (C=O) groups is 2. The van der Waals surface area contributed by atoms with Gasteiger partial charge in [0, 0.05) is 19.7 Å². The molecule has 1 fully saturated rings. The van der Waals surface area contributed by atoms with Gasteiger partial charge in [-0.1, -0.05) is 12.1 Å². The van der Waals surface area contributed by atoms with Crippen molar-refractivity contribution in [2.45, 2.75) is 12.8 Å².